The van der Waals surface area contributed by atoms with Gasteiger partial charge in [-0.25, -0.2) is 4.79 Å². The van der Waals surface area contributed by atoms with Crippen LogP contribution in [0.5, 0.6) is 17.2 Å². The minimum absolute atomic E-state index is 0.190. The number of amides is 1. The zero-order valence-electron chi connectivity index (χ0n) is 17.4. The molecule has 1 amide bonds. The summed E-state index contributed by atoms with van der Waals surface area (Å²) in [5.74, 6) is -0.0378. The molecule has 0 heterocycles. The predicted octanol–water partition coefficient (Wildman–Crippen LogP) is 3.31. The van der Waals surface area contributed by atoms with Gasteiger partial charge in [0.15, 0.2) is 18.1 Å². The number of carbonyl (C=O) groups excluding carboxylic acids is 2. The first-order chi connectivity index (χ1) is 13.9. The van der Waals surface area contributed by atoms with Crippen molar-refractivity contribution in [2.24, 2.45) is 0 Å². The molecule has 156 valence electrons. The monoisotopic (exact) mass is 401 g/mol. The Balaban J connectivity index is 1.98. The van der Waals surface area contributed by atoms with Crippen LogP contribution < -0.4 is 19.5 Å². The number of rotatable bonds is 9. The van der Waals surface area contributed by atoms with E-state index in [2.05, 4.69) is 12.2 Å². The van der Waals surface area contributed by atoms with E-state index in [9.17, 15) is 9.59 Å². The second-order valence-corrected chi connectivity index (χ2v) is 6.37. The molecule has 2 aromatic carbocycles. The van der Waals surface area contributed by atoms with Gasteiger partial charge in [0.1, 0.15) is 0 Å². The lowest BCUT2D eigenvalue weighted by Gasteiger charge is -2.15. The molecule has 0 fully saturated rings. The summed E-state index contributed by atoms with van der Waals surface area (Å²) < 4.78 is 20.8. The van der Waals surface area contributed by atoms with Crippen molar-refractivity contribution in [2.75, 3.05) is 27.9 Å². The van der Waals surface area contributed by atoms with E-state index in [4.69, 9.17) is 18.9 Å². The quantitative estimate of drug-likeness (QED) is 0.649. The van der Waals surface area contributed by atoms with Gasteiger partial charge in [-0.1, -0.05) is 31.2 Å². The number of hydrogen-bond donors (Lipinski definition) is 1. The fraction of sp³-hybridized carbons (Fsp3) is 0.364. The first-order valence-electron chi connectivity index (χ1n) is 9.28. The van der Waals surface area contributed by atoms with Gasteiger partial charge in [0.2, 0.25) is 5.75 Å². The third-order valence-corrected chi connectivity index (χ3v) is 4.50. The van der Waals surface area contributed by atoms with Gasteiger partial charge < -0.3 is 24.3 Å². The lowest BCUT2D eigenvalue weighted by molar-refractivity contribution is -0.124. The number of nitrogens with one attached hydrogen (secondary N) is 1. The van der Waals surface area contributed by atoms with Crippen molar-refractivity contribution in [3.8, 4) is 17.2 Å². The maximum absolute atomic E-state index is 12.4. The highest BCUT2D eigenvalue weighted by atomic mass is 16.5. The molecule has 0 bridgehead atoms. The molecular weight excluding hydrogens is 374 g/mol. The molecule has 7 nitrogen and oxygen atoms in total. The van der Waals surface area contributed by atoms with Crippen molar-refractivity contribution in [1.29, 1.82) is 0 Å². The molecule has 0 unspecified atom stereocenters. The summed E-state index contributed by atoms with van der Waals surface area (Å²) in [7, 11) is 4.38. The average molecular weight is 401 g/mol. The third kappa shape index (κ3) is 5.63. The number of methoxy groups -OCH3 is 3. The highest BCUT2D eigenvalue weighted by molar-refractivity contribution is 5.92. The number of hydrogen-bond acceptors (Lipinski definition) is 6. The zero-order valence-corrected chi connectivity index (χ0v) is 17.4. The van der Waals surface area contributed by atoms with E-state index >= 15 is 0 Å². The van der Waals surface area contributed by atoms with E-state index in [0.29, 0.717) is 17.2 Å². The molecule has 0 saturated carbocycles. The first-order valence-corrected chi connectivity index (χ1v) is 9.28. The van der Waals surface area contributed by atoms with Crippen LogP contribution in [0.1, 0.15) is 41.4 Å². The Hall–Kier alpha value is -3.22. The van der Waals surface area contributed by atoms with Crippen molar-refractivity contribution in [2.45, 2.75) is 26.3 Å². The summed E-state index contributed by atoms with van der Waals surface area (Å²) in [6, 6.07) is 10.8. The minimum Gasteiger partial charge on any atom is -0.493 e. The van der Waals surface area contributed by atoms with Gasteiger partial charge in [0, 0.05) is 0 Å². The fourth-order valence-electron chi connectivity index (χ4n) is 2.82. The predicted molar refractivity (Wildman–Crippen MR) is 109 cm³/mol. The number of carbonyl (C=O) groups is 2. The molecule has 0 radical (unpaired) electrons. The third-order valence-electron chi connectivity index (χ3n) is 4.50. The summed E-state index contributed by atoms with van der Waals surface area (Å²) in [4.78, 5) is 24.5. The summed E-state index contributed by atoms with van der Waals surface area (Å²) >= 11 is 0. The Bertz CT molecular complexity index is 822. The molecule has 1 N–H and O–H groups in total. The number of ether oxygens (including phenoxy) is 4. The molecule has 2 rings (SSSR count). The maximum atomic E-state index is 12.4. The van der Waals surface area contributed by atoms with E-state index in [-0.39, 0.29) is 11.6 Å². The van der Waals surface area contributed by atoms with Crippen LogP contribution in [0, 0.1) is 0 Å². The van der Waals surface area contributed by atoms with Crippen LogP contribution in [0.25, 0.3) is 0 Å². The van der Waals surface area contributed by atoms with Crippen molar-refractivity contribution >= 4 is 11.9 Å². The molecule has 2 aromatic rings. The molecule has 0 aliphatic heterocycles. The summed E-state index contributed by atoms with van der Waals surface area (Å²) in [6.45, 7) is 3.56. The molecule has 7 heteroatoms. The Morgan fingerprint density at radius 1 is 0.966 bits per heavy atom. The summed E-state index contributed by atoms with van der Waals surface area (Å²) in [6.07, 6.45) is 0.956. The molecule has 0 saturated heterocycles. The smallest absolute Gasteiger partial charge is 0.338 e. The van der Waals surface area contributed by atoms with Gasteiger partial charge in [0.05, 0.1) is 32.9 Å². The lowest BCUT2D eigenvalue weighted by atomic mass is 10.1. The molecule has 29 heavy (non-hydrogen) atoms. The van der Waals surface area contributed by atoms with Crippen molar-refractivity contribution in [1.82, 2.24) is 5.32 Å². The average Bonchev–Trinajstić information content (AvgIpc) is 2.76. The van der Waals surface area contributed by atoms with Gasteiger partial charge in [-0.3, -0.25) is 4.79 Å². The first kappa shape index (κ1) is 22.1. The highest BCUT2D eigenvalue weighted by Crippen LogP contribution is 2.38. The van der Waals surface area contributed by atoms with Crippen molar-refractivity contribution < 1.29 is 28.5 Å². The van der Waals surface area contributed by atoms with Crippen LogP contribution in [-0.4, -0.2) is 39.8 Å². The van der Waals surface area contributed by atoms with Crippen LogP contribution in [-0.2, 0) is 16.0 Å². The van der Waals surface area contributed by atoms with Crippen LogP contribution >= 0.6 is 0 Å². The van der Waals surface area contributed by atoms with E-state index in [1.165, 1.54) is 39.0 Å². The van der Waals surface area contributed by atoms with Gasteiger partial charge >= 0.3 is 5.97 Å². The maximum Gasteiger partial charge on any atom is 0.338 e. The topological polar surface area (TPSA) is 83.1 Å². The Morgan fingerprint density at radius 2 is 1.55 bits per heavy atom. The second kappa shape index (κ2) is 10.4. The number of benzene rings is 2. The van der Waals surface area contributed by atoms with Gasteiger partial charge in [-0.15, -0.1) is 0 Å². The molecular formula is C22H27NO6. The van der Waals surface area contributed by atoms with E-state index in [0.717, 1.165) is 12.0 Å². The van der Waals surface area contributed by atoms with E-state index in [1.54, 1.807) is 0 Å². The summed E-state index contributed by atoms with van der Waals surface area (Å²) in [5.41, 5.74) is 2.40. The SMILES string of the molecule is CCc1ccc([C@@H](C)NC(=O)COC(=O)c2cc(OC)c(OC)c(OC)c2)cc1. The minimum atomic E-state index is -0.667. The number of esters is 1. The molecule has 0 aromatic heterocycles. The van der Waals surface area contributed by atoms with Gasteiger partial charge in [-0.2, -0.15) is 0 Å². The van der Waals surface area contributed by atoms with E-state index in [1.807, 2.05) is 31.2 Å². The second-order valence-electron chi connectivity index (χ2n) is 6.37. The lowest BCUT2D eigenvalue weighted by Crippen LogP contribution is -2.31. The molecule has 0 aliphatic rings. The Kier molecular flexibility index (Phi) is 7.88. The molecule has 0 spiro atoms. The van der Waals surface area contributed by atoms with Gasteiger partial charge in [-0.05, 0) is 36.6 Å². The standard InChI is InChI=1S/C22H27NO6/c1-6-15-7-9-16(10-8-15)14(2)23-20(24)13-29-22(25)17-11-18(26-3)21(28-5)19(12-17)27-4/h7-12,14H,6,13H2,1-5H3,(H,23,24)/t14-/m1/s1. The van der Waals surface area contributed by atoms with Crippen LogP contribution in [0.15, 0.2) is 36.4 Å². The highest BCUT2D eigenvalue weighted by Gasteiger charge is 2.19. The number of aryl methyl sites for hydroxylation is 1. The van der Waals surface area contributed by atoms with Crippen LogP contribution in [0.4, 0.5) is 0 Å². The summed E-state index contributed by atoms with van der Waals surface area (Å²) in [5, 5.41) is 2.82. The molecule has 0 aliphatic carbocycles. The van der Waals surface area contributed by atoms with Crippen molar-refractivity contribution in [3.63, 3.8) is 0 Å². The molecule has 1 atom stereocenters. The fourth-order valence-corrected chi connectivity index (χ4v) is 2.82. The normalized spacial score (nSPS) is 11.3. The largest absolute Gasteiger partial charge is 0.493 e. The zero-order chi connectivity index (χ0) is 21.4. The van der Waals surface area contributed by atoms with Gasteiger partial charge in [0.25, 0.3) is 5.91 Å². The Labute approximate surface area is 170 Å². The van der Waals surface area contributed by atoms with Crippen molar-refractivity contribution in [3.05, 3.63) is 53.1 Å². The van der Waals surface area contributed by atoms with Crippen LogP contribution in [0.3, 0.4) is 0 Å². The van der Waals surface area contributed by atoms with E-state index < -0.39 is 18.5 Å². The van der Waals surface area contributed by atoms with Crippen LogP contribution in [0.2, 0.25) is 0 Å². The Morgan fingerprint density at radius 3 is 2.03 bits per heavy atom.